The summed E-state index contributed by atoms with van der Waals surface area (Å²) in [5.41, 5.74) is 7.17. The first-order valence-corrected chi connectivity index (χ1v) is 8.46. The van der Waals surface area contributed by atoms with Crippen molar-refractivity contribution in [2.45, 2.75) is 0 Å². The summed E-state index contributed by atoms with van der Waals surface area (Å²) in [6.45, 7) is 0. The zero-order valence-corrected chi connectivity index (χ0v) is 14.1. The van der Waals surface area contributed by atoms with Gasteiger partial charge in [0.2, 0.25) is 0 Å². The van der Waals surface area contributed by atoms with Crippen LogP contribution in [0, 0.1) is 11.3 Å². The molecule has 3 aromatic carbocycles. The van der Waals surface area contributed by atoms with Gasteiger partial charge in [-0.25, -0.2) is 0 Å². The molecule has 0 N–H and O–H groups in total. The maximum atomic E-state index is 9.12. The van der Waals surface area contributed by atoms with E-state index >= 15 is 0 Å². The van der Waals surface area contributed by atoms with Gasteiger partial charge in [-0.15, -0.1) is 0 Å². The molecule has 4 aromatic rings. The van der Waals surface area contributed by atoms with Crippen molar-refractivity contribution in [3.05, 3.63) is 103 Å². The Labute approximate surface area is 153 Å². The normalized spacial score (nSPS) is 10.3. The van der Waals surface area contributed by atoms with Gasteiger partial charge in [-0.1, -0.05) is 54.6 Å². The highest BCUT2D eigenvalue weighted by Gasteiger charge is 2.05. The molecule has 122 valence electrons. The molecule has 0 spiro atoms. The third-order valence-electron chi connectivity index (χ3n) is 4.34. The largest absolute Gasteiger partial charge is 0.256 e. The minimum atomic E-state index is 0.671. The first-order chi connectivity index (χ1) is 12.8. The van der Waals surface area contributed by atoms with Crippen molar-refractivity contribution in [2.75, 3.05) is 0 Å². The summed E-state index contributed by atoms with van der Waals surface area (Å²) in [7, 11) is 0. The molecule has 0 bridgehead atoms. The molecular weight excluding hydrogens is 316 g/mol. The molecule has 1 heterocycles. The Bertz CT molecular complexity index is 1090. The molecule has 0 radical (unpaired) electrons. The molecule has 0 unspecified atom stereocenters. The number of hydrogen-bond acceptors (Lipinski definition) is 2. The van der Waals surface area contributed by atoms with Crippen LogP contribution in [-0.4, -0.2) is 4.98 Å². The van der Waals surface area contributed by atoms with E-state index < -0.39 is 0 Å². The van der Waals surface area contributed by atoms with Gasteiger partial charge in [-0.05, 0) is 58.7 Å². The number of nitriles is 1. The minimum absolute atomic E-state index is 0.671. The maximum absolute atomic E-state index is 9.12. The molecular formula is C24H16N2. The van der Waals surface area contributed by atoms with Crippen LogP contribution >= 0.6 is 0 Å². The van der Waals surface area contributed by atoms with Gasteiger partial charge in [-0.3, -0.25) is 4.98 Å². The second-order valence-corrected chi connectivity index (χ2v) is 6.07. The minimum Gasteiger partial charge on any atom is -0.256 e. The standard InChI is InChI=1S/C24H16N2/c25-17-18-6-3-7-19(14-18)20-8-4-9-21(15-20)22-10-5-11-23(16-22)24-12-1-2-13-26-24/h1-16H. The summed E-state index contributed by atoms with van der Waals surface area (Å²) in [6.07, 6.45) is 1.81. The smallest absolute Gasteiger partial charge is 0.0991 e. The molecule has 0 saturated heterocycles. The van der Waals surface area contributed by atoms with Gasteiger partial charge in [0.15, 0.2) is 0 Å². The van der Waals surface area contributed by atoms with Gasteiger partial charge in [-0.2, -0.15) is 5.26 Å². The fourth-order valence-electron chi connectivity index (χ4n) is 3.04. The molecule has 2 nitrogen and oxygen atoms in total. The molecule has 0 aliphatic heterocycles. The highest BCUT2D eigenvalue weighted by atomic mass is 14.7. The predicted octanol–water partition coefficient (Wildman–Crippen LogP) is 5.95. The van der Waals surface area contributed by atoms with Crippen LogP contribution in [0.2, 0.25) is 0 Å². The molecule has 0 atom stereocenters. The average molecular weight is 332 g/mol. The van der Waals surface area contributed by atoms with E-state index in [4.69, 9.17) is 5.26 Å². The van der Waals surface area contributed by atoms with Crippen LogP contribution in [0.3, 0.4) is 0 Å². The van der Waals surface area contributed by atoms with Crippen LogP contribution in [0.15, 0.2) is 97.2 Å². The molecule has 1 aromatic heterocycles. The Morgan fingerprint density at radius 3 is 1.77 bits per heavy atom. The van der Waals surface area contributed by atoms with Gasteiger partial charge in [0.1, 0.15) is 0 Å². The number of pyridine rings is 1. The zero-order valence-electron chi connectivity index (χ0n) is 14.1. The number of benzene rings is 3. The van der Waals surface area contributed by atoms with E-state index in [2.05, 4.69) is 59.6 Å². The van der Waals surface area contributed by atoms with E-state index in [1.54, 1.807) is 0 Å². The van der Waals surface area contributed by atoms with Crippen LogP contribution < -0.4 is 0 Å². The fraction of sp³-hybridized carbons (Fsp3) is 0. The van der Waals surface area contributed by atoms with Crippen molar-refractivity contribution in [2.24, 2.45) is 0 Å². The number of aromatic nitrogens is 1. The average Bonchev–Trinajstić information content (AvgIpc) is 2.74. The number of rotatable bonds is 3. The van der Waals surface area contributed by atoms with Gasteiger partial charge in [0.25, 0.3) is 0 Å². The fourth-order valence-corrected chi connectivity index (χ4v) is 3.04. The zero-order chi connectivity index (χ0) is 17.8. The van der Waals surface area contributed by atoms with Crippen molar-refractivity contribution in [1.82, 2.24) is 4.98 Å². The second-order valence-electron chi connectivity index (χ2n) is 6.07. The summed E-state index contributed by atoms with van der Waals surface area (Å²) in [6, 6.07) is 32.6. The summed E-state index contributed by atoms with van der Waals surface area (Å²) in [5.74, 6) is 0. The van der Waals surface area contributed by atoms with Gasteiger partial charge < -0.3 is 0 Å². The van der Waals surface area contributed by atoms with Crippen molar-refractivity contribution in [3.63, 3.8) is 0 Å². The lowest BCUT2D eigenvalue weighted by Crippen LogP contribution is -1.85. The highest BCUT2D eigenvalue weighted by Crippen LogP contribution is 2.29. The van der Waals surface area contributed by atoms with Crippen LogP contribution in [0.5, 0.6) is 0 Å². The molecule has 0 aliphatic rings. The summed E-state index contributed by atoms with van der Waals surface area (Å²) < 4.78 is 0. The van der Waals surface area contributed by atoms with Crippen LogP contribution in [0.4, 0.5) is 0 Å². The quantitative estimate of drug-likeness (QED) is 0.464. The second kappa shape index (κ2) is 7.04. The molecule has 26 heavy (non-hydrogen) atoms. The van der Waals surface area contributed by atoms with Gasteiger partial charge in [0.05, 0.1) is 17.3 Å². The monoisotopic (exact) mass is 332 g/mol. The molecule has 0 aliphatic carbocycles. The topological polar surface area (TPSA) is 36.7 Å². The van der Waals surface area contributed by atoms with Crippen LogP contribution in [-0.2, 0) is 0 Å². The van der Waals surface area contributed by atoms with Gasteiger partial charge >= 0.3 is 0 Å². The Kier molecular flexibility index (Phi) is 4.28. The molecule has 4 rings (SSSR count). The molecule has 0 amide bonds. The van der Waals surface area contributed by atoms with E-state index in [0.717, 1.165) is 33.5 Å². The molecule has 0 saturated carbocycles. The van der Waals surface area contributed by atoms with E-state index in [-0.39, 0.29) is 0 Å². The SMILES string of the molecule is N#Cc1cccc(-c2cccc(-c3cccc(-c4ccccn4)c3)c2)c1. The number of hydrogen-bond donors (Lipinski definition) is 0. The molecule has 2 heteroatoms. The van der Waals surface area contributed by atoms with Crippen molar-refractivity contribution in [1.29, 1.82) is 5.26 Å². The first-order valence-electron chi connectivity index (χ1n) is 8.46. The highest BCUT2D eigenvalue weighted by molar-refractivity contribution is 5.76. The third-order valence-corrected chi connectivity index (χ3v) is 4.34. The lowest BCUT2D eigenvalue weighted by molar-refractivity contribution is 1.33. The summed E-state index contributed by atoms with van der Waals surface area (Å²) in [5, 5.41) is 9.12. The van der Waals surface area contributed by atoms with Gasteiger partial charge in [0, 0.05) is 11.8 Å². The predicted molar refractivity (Wildman–Crippen MR) is 105 cm³/mol. The summed E-state index contributed by atoms with van der Waals surface area (Å²) >= 11 is 0. The van der Waals surface area contributed by atoms with E-state index in [1.807, 2.05) is 48.7 Å². The van der Waals surface area contributed by atoms with Crippen molar-refractivity contribution in [3.8, 4) is 39.6 Å². The van der Waals surface area contributed by atoms with E-state index in [1.165, 1.54) is 0 Å². The summed E-state index contributed by atoms with van der Waals surface area (Å²) in [4.78, 5) is 4.44. The lowest BCUT2D eigenvalue weighted by Gasteiger charge is -2.08. The first kappa shape index (κ1) is 15.8. The van der Waals surface area contributed by atoms with Crippen LogP contribution in [0.25, 0.3) is 33.5 Å². The van der Waals surface area contributed by atoms with Crippen LogP contribution in [0.1, 0.15) is 5.56 Å². The Hall–Kier alpha value is -3.70. The Morgan fingerprint density at radius 2 is 1.15 bits per heavy atom. The lowest BCUT2D eigenvalue weighted by atomic mass is 9.97. The number of nitrogens with zero attached hydrogens (tertiary/aromatic N) is 2. The van der Waals surface area contributed by atoms with Crippen molar-refractivity contribution >= 4 is 0 Å². The maximum Gasteiger partial charge on any atom is 0.0991 e. The Balaban J connectivity index is 1.74. The Morgan fingerprint density at radius 1 is 0.577 bits per heavy atom. The van der Waals surface area contributed by atoms with E-state index in [0.29, 0.717) is 5.56 Å². The third kappa shape index (κ3) is 3.24. The molecule has 0 fully saturated rings. The van der Waals surface area contributed by atoms with Crippen molar-refractivity contribution < 1.29 is 0 Å². The van der Waals surface area contributed by atoms with E-state index in [9.17, 15) is 0 Å².